The summed E-state index contributed by atoms with van der Waals surface area (Å²) < 4.78 is 6.07. The number of nitrogens with zero attached hydrogens (tertiary/aromatic N) is 1. The number of carbonyl (C=O) groups is 1. The number of aryl methyl sites for hydroxylation is 2. The molecular weight excluding hydrogens is 356 g/mol. The maximum atomic E-state index is 12.8. The smallest absolute Gasteiger partial charge is 0.224 e. The highest BCUT2D eigenvalue weighted by molar-refractivity contribution is 7.99. The molecule has 4 nitrogen and oxygen atoms in total. The molecule has 0 aromatic heterocycles. The topological polar surface area (TPSA) is 41.6 Å². The van der Waals surface area contributed by atoms with Crippen molar-refractivity contribution in [1.82, 2.24) is 10.2 Å². The molecule has 0 bridgehead atoms. The van der Waals surface area contributed by atoms with Gasteiger partial charge in [0.2, 0.25) is 5.91 Å². The van der Waals surface area contributed by atoms with Crippen molar-refractivity contribution in [1.29, 1.82) is 0 Å². The Labute approximate surface area is 161 Å². The van der Waals surface area contributed by atoms with Crippen LogP contribution in [0.3, 0.4) is 0 Å². The van der Waals surface area contributed by atoms with Crippen LogP contribution in [0, 0.1) is 13.8 Å². The highest BCUT2D eigenvalue weighted by atomic mass is 35.5. The van der Waals surface area contributed by atoms with Gasteiger partial charge in [-0.3, -0.25) is 4.79 Å². The number of hydrogen-bond acceptors (Lipinski definition) is 4. The Kier molecular flexibility index (Phi) is 7.62. The highest BCUT2D eigenvalue weighted by Crippen LogP contribution is 2.28. The molecule has 0 radical (unpaired) electrons. The molecule has 3 rings (SSSR count). The number of hydrogen-bond donors (Lipinski definition) is 1. The number of ether oxygens (including phenoxy) is 1. The van der Waals surface area contributed by atoms with Crippen molar-refractivity contribution in [2.75, 3.05) is 31.2 Å². The van der Waals surface area contributed by atoms with Crippen LogP contribution in [0.5, 0.6) is 0 Å². The van der Waals surface area contributed by atoms with E-state index in [1.165, 1.54) is 16.7 Å². The van der Waals surface area contributed by atoms with Crippen molar-refractivity contribution in [3.05, 3.63) is 34.9 Å². The van der Waals surface area contributed by atoms with E-state index in [4.69, 9.17) is 4.74 Å². The Morgan fingerprint density at radius 3 is 2.92 bits per heavy atom. The molecule has 2 fully saturated rings. The Bertz CT molecular complexity index is 593. The van der Waals surface area contributed by atoms with E-state index in [0.29, 0.717) is 25.6 Å². The van der Waals surface area contributed by atoms with Gasteiger partial charge in [-0.1, -0.05) is 23.8 Å². The number of halogens is 1. The lowest BCUT2D eigenvalue weighted by molar-refractivity contribution is -0.145. The van der Waals surface area contributed by atoms with Crippen molar-refractivity contribution in [2.45, 2.75) is 45.4 Å². The van der Waals surface area contributed by atoms with E-state index < -0.39 is 0 Å². The molecule has 2 heterocycles. The van der Waals surface area contributed by atoms with Crippen molar-refractivity contribution in [2.24, 2.45) is 0 Å². The van der Waals surface area contributed by atoms with Crippen LogP contribution < -0.4 is 5.32 Å². The molecule has 1 amide bonds. The third kappa shape index (κ3) is 5.13. The Morgan fingerprint density at radius 1 is 1.40 bits per heavy atom. The van der Waals surface area contributed by atoms with Gasteiger partial charge in [-0.25, -0.2) is 0 Å². The molecule has 1 aromatic carbocycles. The van der Waals surface area contributed by atoms with Gasteiger partial charge < -0.3 is 15.0 Å². The molecule has 25 heavy (non-hydrogen) atoms. The number of benzene rings is 1. The molecule has 0 spiro atoms. The number of thioether (sulfide) groups is 1. The third-order valence-corrected chi connectivity index (χ3v) is 6.09. The SMILES string of the molecule is Cc1ccc(C)c(C2CN(C(=O)CC3CSCCN3)C(C)CO2)c1.Cl. The summed E-state index contributed by atoms with van der Waals surface area (Å²) in [6.07, 6.45) is 0.579. The average molecular weight is 385 g/mol. The minimum absolute atomic E-state index is 0. The number of nitrogens with one attached hydrogen (secondary N) is 1. The van der Waals surface area contributed by atoms with Gasteiger partial charge in [0.1, 0.15) is 6.10 Å². The second-order valence-corrected chi connectivity index (χ2v) is 8.16. The molecule has 6 heteroatoms. The molecule has 3 atom stereocenters. The Morgan fingerprint density at radius 2 is 2.20 bits per heavy atom. The maximum absolute atomic E-state index is 12.8. The molecule has 2 aliphatic heterocycles. The standard InChI is InChI=1S/C19H28N2O2S.ClH/c1-13-4-5-14(2)17(8-13)18-10-21(15(3)11-23-18)19(22)9-16-12-24-7-6-20-16;/h4-5,8,15-16,18,20H,6-7,9-12H2,1-3H3;1H. The zero-order valence-corrected chi connectivity index (χ0v) is 16.9. The molecule has 2 saturated heterocycles. The van der Waals surface area contributed by atoms with Gasteiger partial charge in [0, 0.05) is 30.5 Å². The van der Waals surface area contributed by atoms with Gasteiger partial charge in [-0.2, -0.15) is 11.8 Å². The number of carbonyl (C=O) groups excluding carboxylic acids is 1. The van der Waals surface area contributed by atoms with E-state index in [1.807, 2.05) is 16.7 Å². The lowest BCUT2D eigenvalue weighted by Crippen LogP contribution is -2.50. The first kappa shape index (κ1) is 20.6. The monoisotopic (exact) mass is 384 g/mol. The van der Waals surface area contributed by atoms with Gasteiger partial charge in [0.05, 0.1) is 19.2 Å². The van der Waals surface area contributed by atoms with E-state index in [9.17, 15) is 4.79 Å². The predicted octanol–water partition coefficient (Wildman–Crippen LogP) is 3.11. The molecule has 1 aromatic rings. The zero-order valence-electron chi connectivity index (χ0n) is 15.3. The summed E-state index contributed by atoms with van der Waals surface area (Å²) >= 11 is 1.94. The molecule has 2 aliphatic rings. The van der Waals surface area contributed by atoms with E-state index in [-0.39, 0.29) is 30.5 Å². The normalized spacial score (nSPS) is 26.8. The van der Waals surface area contributed by atoms with Gasteiger partial charge in [0.25, 0.3) is 0 Å². The van der Waals surface area contributed by atoms with Crippen LogP contribution in [-0.2, 0) is 9.53 Å². The summed E-state index contributed by atoms with van der Waals surface area (Å²) in [5, 5.41) is 3.46. The van der Waals surface area contributed by atoms with Crippen LogP contribution in [0.4, 0.5) is 0 Å². The van der Waals surface area contributed by atoms with Gasteiger partial charge in [-0.05, 0) is 31.9 Å². The summed E-state index contributed by atoms with van der Waals surface area (Å²) in [5.74, 6) is 2.43. The number of amides is 1. The van der Waals surface area contributed by atoms with E-state index in [0.717, 1.165) is 18.1 Å². The Balaban J connectivity index is 0.00000225. The van der Waals surface area contributed by atoms with Crippen LogP contribution in [0.1, 0.15) is 36.1 Å². The zero-order chi connectivity index (χ0) is 17.1. The summed E-state index contributed by atoms with van der Waals surface area (Å²) in [4.78, 5) is 14.9. The van der Waals surface area contributed by atoms with Crippen molar-refractivity contribution >= 4 is 30.1 Å². The van der Waals surface area contributed by atoms with E-state index >= 15 is 0 Å². The number of rotatable bonds is 3. The summed E-state index contributed by atoms with van der Waals surface area (Å²) in [7, 11) is 0. The lowest BCUT2D eigenvalue weighted by atomic mass is 9.98. The molecular formula is C19H29ClN2O2S. The summed E-state index contributed by atoms with van der Waals surface area (Å²) in [6, 6.07) is 6.92. The first-order valence-electron chi connectivity index (χ1n) is 8.84. The second-order valence-electron chi connectivity index (χ2n) is 7.01. The van der Waals surface area contributed by atoms with Crippen LogP contribution in [0.2, 0.25) is 0 Å². The van der Waals surface area contributed by atoms with Crippen molar-refractivity contribution < 1.29 is 9.53 Å². The lowest BCUT2D eigenvalue weighted by Gasteiger charge is -2.39. The van der Waals surface area contributed by atoms with Gasteiger partial charge in [0.15, 0.2) is 0 Å². The van der Waals surface area contributed by atoms with Crippen LogP contribution in [0.15, 0.2) is 18.2 Å². The molecule has 1 N–H and O–H groups in total. The molecule has 140 valence electrons. The van der Waals surface area contributed by atoms with E-state index in [2.05, 4.69) is 44.3 Å². The fourth-order valence-electron chi connectivity index (χ4n) is 3.48. The minimum Gasteiger partial charge on any atom is -0.370 e. The van der Waals surface area contributed by atoms with Crippen LogP contribution in [-0.4, -0.2) is 54.1 Å². The largest absolute Gasteiger partial charge is 0.370 e. The fraction of sp³-hybridized carbons (Fsp3) is 0.632. The summed E-state index contributed by atoms with van der Waals surface area (Å²) in [5.41, 5.74) is 3.68. The minimum atomic E-state index is -0.0151. The number of morpholine rings is 1. The fourth-order valence-corrected chi connectivity index (χ4v) is 4.43. The quantitative estimate of drug-likeness (QED) is 0.869. The highest BCUT2D eigenvalue weighted by Gasteiger charge is 2.32. The van der Waals surface area contributed by atoms with Crippen LogP contribution >= 0.6 is 24.2 Å². The molecule has 3 unspecified atom stereocenters. The van der Waals surface area contributed by atoms with Crippen molar-refractivity contribution in [3.63, 3.8) is 0 Å². The predicted molar refractivity (Wildman–Crippen MR) is 107 cm³/mol. The first-order chi connectivity index (χ1) is 11.5. The maximum Gasteiger partial charge on any atom is 0.224 e. The molecule has 0 saturated carbocycles. The summed E-state index contributed by atoms with van der Waals surface area (Å²) in [6.45, 7) is 8.57. The van der Waals surface area contributed by atoms with Crippen LogP contribution in [0.25, 0.3) is 0 Å². The Hall–Kier alpha value is -0.750. The first-order valence-corrected chi connectivity index (χ1v) is 9.99. The average Bonchev–Trinajstić information content (AvgIpc) is 2.58. The van der Waals surface area contributed by atoms with Crippen molar-refractivity contribution in [3.8, 4) is 0 Å². The second kappa shape index (κ2) is 9.26. The van der Waals surface area contributed by atoms with Gasteiger partial charge >= 0.3 is 0 Å². The third-order valence-electron chi connectivity index (χ3n) is 4.95. The van der Waals surface area contributed by atoms with Gasteiger partial charge in [-0.15, -0.1) is 12.4 Å². The van der Waals surface area contributed by atoms with E-state index in [1.54, 1.807) is 0 Å². The molecule has 0 aliphatic carbocycles.